The third-order valence-electron chi connectivity index (χ3n) is 4.39. The normalized spacial score (nSPS) is 24.7. The summed E-state index contributed by atoms with van der Waals surface area (Å²) in [6.07, 6.45) is 1.47. The van der Waals surface area contributed by atoms with Crippen LogP contribution in [0.15, 0.2) is 60.7 Å². The highest BCUT2D eigenvalue weighted by Crippen LogP contribution is 2.46. The molecule has 0 aliphatic carbocycles. The van der Waals surface area contributed by atoms with Gasteiger partial charge < -0.3 is 4.74 Å². The van der Waals surface area contributed by atoms with E-state index in [1.165, 1.54) is 11.1 Å². The lowest BCUT2D eigenvalue weighted by molar-refractivity contribution is 0.0576. The summed E-state index contributed by atoms with van der Waals surface area (Å²) >= 11 is 3.58. The maximum Gasteiger partial charge on any atom is 0.0689 e. The minimum absolute atomic E-state index is 0.0407. The number of hydrogen-bond acceptors (Lipinski definition) is 1. The molecule has 2 heteroatoms. The van der Waals surface area contributed by atoms with Gasteiger partial charge in [-0.25, -0.2) is 0 Å². The van der Waals surface area contributed by atoms with Crippen molar-refractivity contribution in [3.05, 3.63) is 71.8 Å². The third-order valence-corrected chi connectivity index (χ3v) is 5.11. The van der Waals surface area contributed by atoms with Crippen LogP contribution >= 0.6 is 15.9 Å². The van der Waals surface area contributed by atoms with E-state index in [0.717, 1.165) is 11.8 Å². The summed E-state index contributed by atoms with van der Waals surface area (Å²) in [5.41, 5.74) is 2.66. The van der Waals surface area contributed by atoms with E-state index >= 15 is 0 Å². The van der Waals surface area contributed by atoms with Gasteiger partial charge in [-0.2, -0.15) is 0 Å². The largest absolute Gasteiger partial charge is 0.373 e. The molecule has 0 amide bonds. The van der Waals surface area contributed by atoms with E-state index in [-0.39, 0.29) is 17.6 Å². The first-order valence-corrected chi connectivity index (χ1v) is 8.22. The molecule has 2 atom stereocenters. The SMILES string of the molecule is C[C@H]1O[C@H](CBr)CC1(c1ccccc1)c1ccccc1. The standard InChI is InChI=1S/C18H19BrO/c1-14-18(12-17(13-19)20-14,15-8-4-2-5-9-15)16-10-6-3-7-11-16/h2-11,14,17H,12-13H2,1H3/t14-,17+/m1/s1. The Morgan fingerprint density at radius 2 is 1.50 bits per heavy atom. The minimum atomic E-state index is -0.0407. The van der Waals surface area contributed by atoms with Crippen LogP contribution in [-0.2, 0) is 10.2 Å². The molecule has 0 N–H and O–H groups in total. The molecule has 0 spiro atoms. The Bertz CT molecular complexity index is 513. The molecule has 20 heavy (non-hydrogen) atoms. The summed E-state index contributed by atoms with van der Waals surface area (Å²) in [6.45, 7) is 2.20. The molecule has 0 radical (unpaired) electrons. The Labute approximate surface area is 129 Å². The van der Waals surface area contributed by atoms with Crippen molar-refractivity contribution in [1.29, 1.82) is 0 Å². The van der Waals surface area contributed by atoms with Gasteiger partial charge in [0.05, 0.1) is 12.2 Å². The van der Waals surface area contributed by atoms with Crippen LogP contribution in [0.1, 0.15) is 24.5 Å². The smallest absolute Gasteiger partial charge is 0.0689 e. The first kappa shape index (κ1) is 13.8. The molecule has 1 aliphatic rings. The molecule has 2 aromatic carbocycles. The van der Waals surface area contributed by atoms with Gasteiger partial charge in [0, 0.05) is 10.7 Å². The van der Waals surface area contributed by atoms with Crippen molar-refractivity contribution >= 4 is 15.9 Å². The van der Waals surface area contributed by atoms with Gasteiger partial charge in [-0.15, -0.1) is 0 Å². The lowest BCUT2D eigenvalue weighted by Crippen LogP contribution is -2.34. The van der Waals surface area contributed by atoms with E-state index in [4.69, 9.17) is 4.74 Å². The van der Waals surface area contributed by atoms with Crippen LogP contribution < -0.4 is 0 Å². The topological polar surface area (TPSA) is 9.23 Å². The Hall–Kier alpha value is -1.12. The van der Waals surface area contributed by atoms with Gasteiger partial charge in [0.1, 0.15) is 0 Å². The van der Waals surface area contributed by atoms with Crippen LogP contribution in [0.2, 0.25) is 0 Å². The molecule has 1 nitrogen and oxygen atoms in total. The molecule has 2 aromatic rings. The predicted octanol–water partition coefficient (Wildman–Crippen LogP) is 4.55. The lowest BCUT2D eigenvalue weighted by atomic mass is 9.69. The Balaban J connectivity index is 2.14. The van der Waals surface area contributed by atoms with Crippen LogP contribution in [0, 0.1) is 0 Å². The highest BCUT2D eigenvalue weighted by molar-refractivity contribution is 9.09. The van der Waals surface area contributed by atoms with Crippen molar-refractivity contribution < 1.29 is 4.74 Å². The van der Waals surface area contributed by atoms with Crippen LogP contribution in [0.25, 0.3) is 0 Å². The van der Waals surface area contributed by atoms with Crippen molar-refractivity contribution in [3.63, 3.8) is 0 Å². The Morgan fingerprint density at radius 3 is 1.90 bits per heavy atom. The number of halogens is 1. The van der Waals surface area contributed by atoms with Gasteiger partial charge in [-0.05, 0) is 24.5 Å². The van der Waals surface area contributed by atoms with Crippen molar-refractivity contribution in [1.82, 2.24) is 0 Å². The molecule has 0 aromatic heterocycles. The van der Waals surface area contributed by atoms with Gasteiger partial charge in [0.2, 0.25) is 0 Å². The molecule has 0 bridgehead atoms. The quantitative estimate of drug-likeness (QED) is 0.750. The highest BCUT2D eigenvalue weighted by Gasteiger charge is 2.48. The summed E-state index contributed by atoms with van der Waals surface area (Å²) in [5, 5.41) is 0.888. The van der Waals surface area contributed by atoms with E-state index in [1.54, 1.807) is 0 Å². The Kier molecular flexibility index (Phi) is 3.95. The molecule has 3 rings (SSSR count). The van der Waals surface area contributed by atoms with E-state index in [1.807, 2.05) is 0 Å². The van der Waals surface area contributed by atoms with Crippen LogP contribution in [-0.4, -0.2) is 17.5 Å². The average molecular weight is 331 g/mol. The molecular weight excluding hydrogens is 312 g/mol. The van der Waals surface area contributed by atoms with Crippen molar-refractivity contribution in [3.8, 4) is 0 Å². The molecule has 1 fully saturated rings. The van der Waals surface area contributed by atoms with Gasteiger partial charge in [-0.3, -0.25) is 0 Å². The van der Waals surface area contributed by atoms with E-state index in [9.17, 15) is 0 Å². The second-order valence-electron chi connectivity index (χ2n) is 5.46. The number of rotatable bonds is 3. The zero-order valence-corrected chi connectivity index (χ0v) is 13.2. The van der Waals surface area contributed by atoms with Crippen molar-refractivity contribution in [2.45, 2.75) is 31.0 Å². The molecule has 1 saturated heterocycles. The molecule has 1 aliphatic heterocycles. The fourth-order valence-corrected chi connectivity index (χ4v) is 3.79. The summed E-state index contributed by atoms with van der Waals surface area (Å²) in [6, 6.07) is 21.5. The van der Waals surface area contributed by atoms with Gasteiger partial charge in [-0.1, -0.05) is 76.6 Å². The molecule has 104 valence electrons. The molecule has 0 unspecified atom stereocenters. The summed E-state index contributed by atoms with van der Waals surface area (Å²) in [7, 11) is 0. The third kappa shape index (κ3) is 2.21. The predicted molar refractivity (Wildman–Crippen MR) is 86.4 cm³/mol. The van der Waals surface area contributed by atoms with Crippen molar-refractivity contribution in [2.24, 2.45) is 0 Å². The zero-order chi connectivity index (χ0) is 14.0. The van der Waals surface area contributed by atoms with E-state index < -0.39 is 0 Å². The highest BCUT2D eigenvalue weighted by atomic mass is 79.9. The van der Waals surface area contributed by atoms with Crippen LogP contribution in [0.3, 0.4) is 0 Å². The fourth-order valence-electron chi connectivity index (χ4n) is 3.41. The monoisotopic (exact) mass is 330 g/mol. The number of alkyl halides is 1. The number of hydrogen-bond donors (Lipinski definition) is 0. The average Bonchev–Trinajstić information content (AvgIpc) is 2.87. The maximum atomic E-state index is 6.19. The first-order chi connectivity index (χ1) is 9.77. The van der Waals surface area contributed by atoms with E-state index in [2.05, 4.69) is 83.5 Å². The van der Waals surface area contributed by atoms with Crippen LogP contribution in [0.5, 0.6) is 0 Å². The maximum absolute atomic E-state index is 6.19. The second kappa shape index (κ2) is 5.71. The number of ether oxygens (including phenoxy) is 1. The summed E-state index contributed by atoms with van der Waals surface area (Å²) in [5.74, 6) is 0. The van der Waals surface area contributed by atoms with E-state index in [0.29, 0.717) is 0 Å². The number of benzene rings is 2. The molecule has 1 heterocycles. The van der Waals surface area contributed by atoms with Gasteiger partial charge >= 0.3 is 0 Å². The van der Waals surface area contributed by atoms with Crippen molar-refractivity contribution in [2.75, 3.05) is 5.33 Å². The zero-order valence-electron chi connectivity index (χ0n) is 11.6. The first-order valence-electron chi connectivity index (χ1n) is 7.10. The molecular formula is C18H19BrO. The summed E-state index contributed by atoms with van der Waals surface area (Å²) < 4.78 is 6.19. The summed E-state index contributed by atoms with van der Waals surface area (Å²) in [4.78, 5) is 0. The van der Waals surface area contributed by atoms with Crippen LogP contribution in [0.4, 0.5) is 0 Å². The lowest BCUT2D eigenvalue weighted by Gasteiger charge is -2.33. The fraction of sp³-hybridized carbons (Fsp3) is 0.333. The second-order valence-corrected chi connectivity index (χ2v) is 6.11. The minimum Gasteiger partial charge on any atom is -0.373 e. The van der Waals surface area contributed by atoms with Gasteiger partial charge in [0.25, 0.3) is 0 Å². The Morgan fingerprint density at radius 1 is 1.00 bits per heavy atom. The van der Waals surface area contributed by atoms with Gasteiger partial charge in [0.15, 0.2) is 0 Å². The molecule has 0 saturated carbocycles.